The Labute approximate surface area is 357 Å². The number of carbonyl (C=O) groups excluding carboxylic acids is 8. The second-order valence-corrected chi connectivity index (χ2v) is 14.3. The van der Waals surface area contributed by atoms with Gasteiger partial charge in [0.25, 0.3) is 0 Å². The van der Waals surface area contributed by atoms with E-state index in [2.05, 4.69) is 45.1 Å². The summed E-state index contributed by atoms with van der Waals surface area (Å²) in [5.74, 6) is -1.45. The first-order valence-corrected chi connectivity index (χ1v) is 21.5. The maximum Gasteiger partial charge on any atom is 0.407 e. The highest BCUT2D eigenvalue weighted by Gasteiger charge is 2.20. The Balaban J connectivity index is 5.01. The summed E-state index contributed by atoms with van der Waals surface area (Å²) < 4.78 is 9.74. The molecule has 0 aromatic carbocycles. The van der Waals surface area contributed by atoms with Gasteiger partial charge in [-0.05, 0) is 38.5 Å². The number of rotatable bonds is 37. The molecule has 8 amide bonds. The molecule has 0 aromatic heterocycles. The van der Waals surface area contributed by atoms with Crippen molar-refractivity contribution in [1.29, 1.82) is 0 Å². The Morgan fingerprint density at radius 3 is 1.27 bits per heavy atom. The van der Waals surface area contributed by atoms with Crippen LogP contribution in [0.4, 0.5) is 9.59 Å². The molecule has 0 fully saturated rings. The number of amides is 8. The third-order valence-electron chi connectivity index (χ3n) is 9.10. The zero-order valence-corrected chi connectivity index (χ0v) is 36.3. The molecule has 0 bridgehead atoms. The van der Waals surface area contributed by atoms with E-state index in [0.29, 0.717) is 64.6 Å². The zero-order valence-electron chi connectivity index (χ0n) is 36.3. The summed E-state index contributed by atoms with van der Waals surface area (Å²) in [7, 11) is 1.65. The van der Waals surface area contributed by atoms with Gasteiger partial charge >= 0.3 is 12.2 Å². The summed E-state index contributed by atoms with van der Waals surface area (Å²) in [6.07, 6.45) is 14.4. The highest BCUT2D eigenvalue weighted by Crippen LogP contribution is 2.10. The highest BCUT2D eigenvalue weighted by atomic mass is 16.6. The fourth-order valence-electron chi connectivity index (χ4n) is 5.79. The first kappa shape index (κ1) is 54.8. The number of unbranched alkanes of at least 4 members (excludes halogenated alkanes) is 11. The van der Waals surface area contributed by atoms with E-state index >= 15 is 0 Å². The van der Waals surface area contributed by atoms with Gasteiger partial charge in [0.05, 0.1) is 13.1 Å². The molecule has 0 aliphatic rings. The van der Waals surface area contributed by atoms with Crippen molar-refractivity contribution in [1.82, 2.24) is 41.7 Å². The molecule has 18 nitrogen and oxygen atoms in total. The molecule has 0 saturated carbocycles. The Morgan fingerprint density at radius 2 is 0.833 bits per heavy atom. The molecule has 0 aliphatic heterocycles. The van der Waals surface area contributed by atoms with Crippen LogP contribution in [0.1, 0.15) is 116 Å². The van der Waals surface area contributed by atoms with Gasteiger partial charge < -0.3 is 51.2 Å². The molecule has 0 radical (unpaired) electrons. The van der Waals surface area contributed by atoms with Crippen LogP contribution in [0.15, 0.2) is 25.3 Å². The van der Waals surface area contributed by atoms with Gasteiger partial charge in [-0.1, -0.05) is 76.7 Å². The molecule has 6 N–H and O–H groups in total. The van der Waals surface area contributed by atoms with Crippen molar-refractivity contribution in [2.24, 2.45) is 0 Å². The fourth-order valence-corrected chi connectivity index (χ4v) is 5.79. The summed E-state index contributed by atoms with van der Waals surface area (Å²) in [6, 6.07) is 0. The molecular formula is C42H74N8O10. The second kappa shape index (κ2) is 38.1. The second-order valence-electron chi connectivity index (χ2n) is 14.3. The third-order valence-corrected chi connectivity index (χ3v) is 9.10. The molecule has 0 spiro atoms. The van der Waals surface area contributed by atoms with Gasteiger partial charge in [0, 0.05) is 79.0 Å². The van der Waals surface area contributed by atoms with Gasteiger partial charge in [-0.15, -0.1) is 0 Å². The first-order valence-electron chi connectivity index (χ1n) is 21.5. The molecule has 0 atom stereocenters. The lowest BCUT2D eigenvalue weighted by atomic mass is 10.1. The smallest absolute Gasteiger partial charge is 0.407 e. The average molecular weight is 851 g/mol. The summed E-state index contributed by atoms with van der Waals surface area (Å²) in [4.78, 5) is 101. The van der Waals surface area contributed by atoms with Crippen molar-refractivity contribution in [3.63, 3.8) is 0 Å². The number of nitrogens with one attached hydrogen (secondary N) is 6. The summed E-state index contributed by atoms with van der Waals surface area (Å²) in [5.41, 5.74) is 0. The topological polar surface area (TPSA) is 234 Å². The average Bonchev–Trinajstić information content (AvgIpc) is 3.22. The Bertz CT molecular complexity index is 1300. The van der Waals surface area contributed by atoms with Crippen LogP contribution in [0.25, 0.3) is 0 Å². The quantitative estimate of drug-likeness (QED) is 0.0395. The van der Waals surface area contributed by atoms with E-state index in [1.165, 1.54) is 28.9 Å². The maximum atomic E-state index is 13.3. The van der Waals surface area contributed by atoms with Crippen LogP contribution in [0.5, 0.6) is 0 Å². The molecule has 0 unspecified atom stereocenters. The SMILES string of the molecule is C=CCOC(=O)NCCCCCC(=O)N(CCNC(C)=O)CC(=O)NCCN(CC(=O)NCCCCCCCCCCC(=O)NC)C(=O)CCCCCNC(=O)OCC=C. The van der Waals surface area contributed by atoms with Crippen LogP contribution in [0.3, 0.4) is 0 Å². The summed E-state index contributed by atoms with van der Waals surface area (Å²) in [5, 5.41) is 16.2. The monoisotopic (exact) mass is 851 g/mol. The standard InChI is InChI=1S/C42H74N8O10/c1-5-31-59-41(57)47-25-19-13-16-22-39(55)49(29-27-44-35(3)51)34-38(54)46-28-30-50(40(56)23-17-14-20-26-48-42(58)60-32-6-2)33-37(53)45-24-18-12-10-8-7-9-11-15-21-36(52)43-4/h5-6H,1-2,7-34H2,3-4H3,(H,43,52)(H,44,51)(H,45,53)(H,46,54)(H,47,57)(H,48,58). The van der Waals surface area contributed by atoms with Crippen LogP contribution in [0.2, 0.25) is 0 Å². The molecule has 0 rings (SSSR count). The lowest BCUT2D eigenvalue weighted by molar-refractivity contribution is -0.137. The molecule has 0 saturated heterocycles. The van der Waals surface area contributed by atoms with Crippen molar-refractivity contribution < 1.29 is 47.8 Å². The highest BCUT2D eigenvalue weighted by molar-refractivity contribution is 5.86. The number of ether oxygens (including phenoxy) is 2. The predicted octanol–water partition coefficient (Wildman–Crippen LogP) is 3.21. The lowest BCUT2D eigenvalue weighted by Crippen LogP contribution is -2.47. The Morgan fingerprint density at radius 1 is 0.467 bits per heavy atom. The van der Waals surface area contributed by atoms with Crippen molar-refractivity contribution >= 4 is 47.6 Å². The number of hydrogen-bond acceptors (Lipinski definition) is 10. The molecular weight excluding hydrogens is 777 g/mol. The van der Waals surface area contributed by atoms with Crippen molar-refractivity contribution in [2.45, 2.75) is 116 Å². The number of hydrogen-bond donors (Lipinski definition) is 6. The van der Waals surface area contributed by atoms with Gasteiger partial charge in [-0.2, -0.15) is 0 Å². The van der Waals surface area contributed by atoms with Crippen LogP contribution in [-0.2, 0) is 38.2 Å². The van der Waals surface area contributed by atoms with Crippen molar-refractivity contribution in [3.8, 4) is 0 Å². The lowest BCUT2D eigenvalue weighted by Gasteiger charge is -2.24. The maximum absolute atomic E-state index is 13.3. The molecule has 18 heteroatoms. The van der Waals surface area contributed by atoms with Gasteiger partial charge in [-0.25, -0.2) is 9.59 Å². The normalized spacial score (nSPS) is 10.4. The molecule has 60 heavy (non-hydrogen) atoms. The van der Waals surface area contributed by atoms with Crippen LogP contribution >= 0.6 is 0 Å². The van der Waals surface area contributed by atoms with Gasteiger partial charge in [0.15, 0.2) is 0 Å². The Kier molecular flexibility index (Phi) is 34.8. The van der Waals surface area contributed by atoms with E-state index in [9.17, 15) is 38.4 Å². The molecule has 342 valence electrons. The fraction of sp³-hybridized carbons (Fsp3) is 0.714. The van der Waals surface area contributed by atoms with Crippen LogP contribution in [0, 0.1) is 0 Å². The van der Waals surface area contributed by atoms with E-state index in [1.54, 1.807) is 7.05 Å². The van der Waals surface area contributed by atoms with Crippen LogP contribution < -0.4 is 31.9 Å². The molecule has 0 aliphatic carbocycles. The van der Waals surface area contributed by atoms with Crippen LogP contribution in [-0.4, -0.2) is 137 Å². The minimum atomic E-state index is -0.543. The summed E-state index contributed by atoms with van der Waals surface area (Å²) in [6.45, 7) is 9.81. The van der Waals surface area contributed by atoms with E-state index in [0.717, 1.165) is 51.4 Å². The minimum Gasteiger partial charge on any atom is -0.445 e. The minimum absolute atomic E-state index is 0.0519. The zero-order chi connectivity index (χ0) is 44.6. The van der Waals surface area contributed by atoms with Gasteiger partial charge in [0.1, 0.15) is 13.2 Å². The van der Waals surface area contributed by atoms with Crippen molar-refractivity contribution in [3.05, 3.63) is 25.3 Å². The third kappa shape index (κ3) is 33.8. The molecule has 0 heterocycles. The predicted molar refractivity (Wildman–Crippen MR) is 230 cm³/mol. The van der Waals surface area contributed by atoms with Gasteiger partial charge in [0.2, 0.25) is 35.4 Å². The van der Waals surface area contributed by atoms with Crippen molar-refractivity contribution in [2.75, 3.05) is 79.2 Å². The van der Waals surface area contributed by atoms with E-state index in [1.807, 2.05) is 0 Å². The molecule has 0 aromatic rings. The first-order chi connectivity index (χ1) is 28.9. The number of alkyl carbamates (subject to hydrolysis) is 2. The Hall–Kier alpha value is -5.16. The van der Waals surface area contributed by atoms with E-state index < -0.39 is 18.1 Å². The van der Waals surface area contributed by atoms with Gasteiger partial charge in [-0.3, -0.25) is 28.8 Å². The summed E-state index contributed by atoms with van der Waals surface area (Å²) >= 11 is 0. The van der Waals surface area contributed by atoms with E-state index in [4.69, 9.17) is 9.47 Å². The largest absolute Gasteiger partial charge is 0.445 e. The number of nitrogens with zero attached hydrogens (tertiary/aromatic N) is 2. The number of carbonyl (C=O) groups is 8. The van der Waals surface area contributed by atoms with E-state index in [-0.39, 0.29) is 94.9 Å².